The van der Waals surface area contributed by atoms with Crippen LogP contribution in [-0.2, 0) is 14.8 Å². The van der Waals surface area contributed by atoms with Crippen LogP contribution in [-0.4, -0.2) is 21.4 Å². The predicted molar refractivity (Wildman–Crippen MR) is 92.5 cm³/mol. The summed E-state index contributed by atoms with van der Waals surface area (Å²) in [5.74, 6) is 0.0775. The number of ether oxygens (including phenoxy) is 1. The van der Waals surface area contributed by atoms with E-state index in [1.165, 1.54) is 32.2 Å². The van der Waals surface area contributed by atoms with Crippen molar-refractivity contribution >= 4 is 21.6 Å². The topological polar surface area (TPSA) is 84.5 Å². The normalized spacial score (nSPS) is 12.5. The number of hydrogen-bond acceptors (Lipinski definition) is 4. The number of carbonyl (C=O) groups is 1. The maximum absolute atomic E-state index is 12.6. The lowest BCUT2D eigenvalue weighted by Gasteiger charge is -2.16. The van der Waals surface area contributed by atoms with Crippen LogP contribution in [0.4, 0.5) is 5.69 Å². The van der Waals surface area contributed by atoms with E-state index >= 15 is 0 Å². The zero-order valence-electron chi connectivity index (χ0n) is 13.7. The molecule has 0 bridgehead atoms. The molecule has 0 spiro atoms. The Bertz CT molecular complexity index is 820. The summed E-state index contributed by atoms with van der Waals surface area (Å²) in [7, 11) is -2.30. The molecule has 0 aliphatic heterocycles. The first-order valence-electron chi connectivity index (χ1n) is 7.36. The van der Waals surface area contributed by atoms with E-state index in [0.29, 0.717) is 11.4 Å². The molecular formula is C17H20N2O4S. The minimum Gasteiger partial charge on any atom is -0.495 e. The smallest absolute Gasteiger partial charge is 0.241 e. The second-order valence-electron chi connectivity index (χ2n) is 5.30. The molecule has 0 radical (unpaired) electrons. The molecule has 2 aromatic carbocycles. The standard InChI is InChI=1S/C17H20N2O4S/c1-12(14-7-5-4-6-8-14)19-24(21,22)15-9-10-17(23-3)16(11-15)18-13(2)20/h4-12,19H,1-3H3,(H,18,20)/t12-/m0/s1. The molecule has 0 fully saturated rings. The Hall–Kier alpha value is -2.38. The molecule has 128 valence electrons. The Kier molecular flexibility index (Phi) is 5.58. The maximum Gasteiger partial charge on any atom is 0.241 e. The first-order chi connectivity index (χ1) is 11.3. The van der Waals surface area contributed by atoms with Gasteiger partial charge >= 0.3 is 0 Å². The largest absolute Gasteiger partial charge is 0.495 e. The fourth-order valence-electron chi connectivity index (χ4n) is 2.25. The van der Waals surface area contributed by atoms with Gasteiger partial charge in [-0.3, -0.25) is 4.79 Å². The van der Waals surface area contributed by atoms with Crippen LogP contribution < -0.4 is 14.8 Å². The molecule has 2 aromatic rings. The van der Waals surface area contributed by atoms with Gasteiger partial charge in [-0.15, -0.1) is 0 Å². The SMILES string of the molecule is COc1ccc(S(=O)(=O)N[C@@H](C)c2ccccc2)cc1NC(C)=O. The van der Waals surface area contributed by atoms with E-state index < -0.39 is 10.0 Å². The van der Waals surface area contributed by atoms with Crippen LogP contribution in [0.1, 0.15) is 25.5 Å². The molecule has 24 heavy (non-hydrogen) atoms. The third-order valence-corrected chi connectivity index (χ3v) is 4.96. The summed E-state index contributed by atoms with van der Waals surface area (Å²) in [6, 6.07) is 13.2. The Morgan fingerprint density at radius 3 is 2.38 bits per heavy atom. The Labute approximate surface area is 141 Å². The van der Waals surface area contributed by atoms with E-state index in [9.17, 15) is 13.2 Å². The second-order valence-corrected chi connectivity index (χ2v) is 7.01. The molecule has 1 atom stereocenters. The van der Waals surface area contributed by atoms with Gasteiger partial charge in [-0.25, -0.2) is 13.1 Å². The van der Waals surface area contributed by atoms with Gasteiger partial charge in [0.1, 0.15) is 5.75 Å². The number of hydrogen-bond donors (Lipinski definition) is 2. The summed E-state index contributed by atoms with van der Waals surface area (Å²) >= 11 is 0. The molecule has 0 heterocycles. The third-order valence-electron chi connectivity index (χ3n) is 3.42. The Morgan fingerprint density at radius 2 is 1.79 bits per heavy atom. The van der Waals surface area contributed by atoms with Gasteiger partial charge in [0.25, 0.3) is 0 Å². The lowest BCUT2D eigenvalue weighted by Crippen LogP contribution is -2.27. The monoisotopic (exact) mass is 348 g/mol. The molecule has 6 nitrogen and oxygen atoms in total. The van der Waals surface area contributed by atoms with Crippen LogP contribution in [0.5, 0.6) is 5.75 Å². The lowest BCUT2D eigenvalue weighted by molar-refractivity contribution is -0.114. The van der Waals surface area contributed by atoms with Gasteiger partial charge in [0, 0.05) is 13.0 Å². The number of methoxy groups -OCH3 is 1. The number of nitrogens with one attached hydrogen (secondary N) is 2. The molecule has 0 aliphatic carbocycles. The van der Waals surface area contributed by atoms with Crippen LogP contribution in [0.3, 0.4) is 0 Å². The molecule has 0 saturated carbocycles. The average molecular weight is 348 g/mol. The van der Waals surface area contributed by atoms with E-state index in [2.05, 4.69) is 10.0 Å². The second kappa shape index (κ2) is 7.46. The lowest BCUT2D eigenvalue weighted by atomic mass is 10.1. The molecule has 1 amide bonds. The van der Waals surface area contributed by atoms with Crippen molar-refractivity contribution in [3.8, 4) is 5.75 Å². The van der Waals surface area contributed by atoms with Gasteiger partial charge in [-0.05, 0) is 30.7 Å². The van der Waals surface area contributed by atoms with Gasteiger partial charge in [0.2, 0.25) is 15.9 Å². The zero-order valence-corrected chi connectivity index (χ0v) is 14.6. The van der Waals surface area contributed by atoms with Crippen LogP contribution in [0.25, 0.3) is 0 Å². The summed E-state index contributed by atoms with van der Waals surface area (Å²) in [5, 5.41) is 2.57. The van der Waals surface area contributed by atoms with Crippen molar-refractivity contribution in [3.63, 3.8) is 0 Å². The minimum absolute atomic E-state index is 0.0508. The van der Waals surface area contributed by atoms with Crippen LogP contribution in [0, 0.1) is 0 Å². The van der Waals surface area contributed by atoms with Gasteiger partial charge in [0.15, 0.2) is 0 Å². The highest BCUT2D eigenvalue weighted by Crippen LogP contribution is 2.28. The molecule has 7 heteroatoms. The van der Waals surface area contributed by atoms with E-state index in [1.54, 1.807) is 6.92 Å². The number of amides is 1. The highest BCUT2D eigenvalue weighted by Gasteiger charge is 2.20. The first-order valence-corrected chi connectivity index (χ1v) is 8.84. The van der Waals surface area contributed by atoms with E-state index in [1.807, 2.05) is 30.3 Å². The van der Waals surface area contributed by atoms with Gasteiger partial charge in [0.05, 0.1) is 17.7 Å². The van der Waals surface area contributed by atoms with Crippen molar-refractivity contribution in [2.45, 2.75) is 24.8 Å². The number of rotatable bonds is 6. The number of anilines is 1. The molecule has 2 rings (SSSR count). The quantitative estimate of drug-likeness (QED) is 0.840. The third kappa shape index (κ3) is 4.33. The van der Waals surface area contributed by atoms with Crippen molar-refractivity contribution in [1.82, 2.24) is 4.72 Å². The Balaban J connectivity index is 2.30. The summed E-state index contributed by atoms with van der Waals surface area (Å²) in [5.41, 5.74) is 1.16. The van der Waals surface area contributed by atoms with E-state index in [-0.39, 0.29) is 16.8 Å². The number of sulfonamides is 1. The molecule has 2 N–H and O–H groups in total. The molecular weight excluding hydrogens is 328 g/mol. The average Bonchev–Trinajstić information content (AvgIpc) is 2.54. The van der Waals surface area contributed by atoms with Crippen LogP contribution >= 0.6 is 0 Å². The van der Waals surface area contributed by atoms with Crippen molar-refractivity contribution < 1.29 is 17.9 Å². The summed E-state index contributed by atoms with van der Waals surface area (Å²) in [6.45, 7) is 3.11. The Morgan fingerprint density at radius 1 is 1.12 bits per heavy atom. The number of benzene rings is 2. The summed E-state index contributed by atoms with van der Waals surface area (Å²) in [4.78, 5) is 11.3. The van der Waals surface area contributed by atoms with E-state index in [0.717, 1.165) is 5.56 Å². The number of carbonyl (C=O) groups excluding carboxylic acids is 1. The van der Waals surface area contributed by atoms with Gasteiger partial charge in [-0.1, -0.05) is 30.3 Å². The fraction of sp³-hybridized carbons (Fsp3) is 0.235. The van der Waals surface area contributed by atoms with Crippen LogP contribution in [0.2, 0.25) is 0 Å². The fourth-order valence-corrected chi connectivity index (χ4v) is 3.51. The van der Waals surface area contributed by atoms with Crippen molar-refractivity contribution in [1.29, 1.82) is 0 Å². The maximum atomic E-state index is 12.6. The highest BCUT2D eigenvalue weighted by atomic mass is 32.2. The predicted octanol–water partition coefficient (Wildman–Crippen LogP) is 2.69. The minimum atomic E-state index is -3.75. The summed E-state index contributed by atoms with van der Waals surface area (Å²) in [6.07, 6.45) is 0. The molecule has 0 aromatic heterocycles. The van der Waals surface area contributed by atoms with Crippen molar-refractivity contribution in [3.05, 3.63) is 54.1 Å². The van der Waals surface area contributed by atoms with Gasteiger partial charge in [-0.2, -0.15) is 0 Å². The summed E-state index contributed by atoms with van der Waals surface area (Å²) < 4.78 is 32.9. The highest BCUT2D eigenvalue weighted by molar-refractivity contribution is 7.89. The van der Waals surface area contributed by atoms with Crippen LogP contribution in [0.15, 0.2) is 53.4 Å². The van der Waals surface area contributed by atoms with E-state index in [4.69, 9.17) is 4.74 Å². The van der Waals surface area contributed by atoms with Crippen molar-refractivity contribution in [2.24, 2.45) is 0 Å². The zero-order chi connectivity index (χ0) is 17.7. The van der Waals surface area contributed by atoms with Gasteiger partial charge < -0.3 is 10.1 Å². The molecule has 0 aliphatic rings. The first kappa shape index (κ1) is 18.0. The molecule has 0 saturated heterocycles. The molecule has 0 unspecified atom stereocenters. The van der Waals surface area contributed by atoms with Crippen molar-refractivity contribution in [2.75, 3.05) is 12.4 Å².